The van der Waals surface area contributed by atoms with Gasteiger partial charge < -0.3 is 19.7 Å². The minimum absolute atomic E-state index is 0.0124. The number of halogens is 3. The molecule has 1 aromatic rings. The van der Waals surface area contributed by atoms with Crippen molar-refractivity contribution in [3.63, 3.8) is 0 Å². The molecule has 1 aromatic carbocycles. The van der Waals surface area contributed by atoms with Gasteiger partial charge in [0.25, 0.3) is 0 Å². The third kappa shape index (κ3) is 6.41. The van der Waals surface area contributed by atoms with Gasteiger partial charge in [-0.25, -0.2) is 13.2 Å². The zero-order chi connectivity index (χ0) is 21.1. The smallest absolute Gasteiger partial charge is 0.534 e. The Morgan fingerprint density at radius 3 is 2.68 bits per heavy atom. The third-order valence-corrected chi connectivity index (χ3v) is 4.27. The molecule has 8 nitrogen and oxygen atoms in total. The van der Waals surface area contributed by atoms with E-state index in [1.807, 2.05) is 0 Å². The maximum Gasteiger partial charge on any atom is 0.547 e. The average Bonchev–Trinajstić information content (AvgIpc) is 2.57. The van der Waals surface area contributed by atoms with Crippen molar-refractivity contribution in [2.45, 2.75) is 31.4 Å². The number of hydrogen-bond donors (Lipinski definition) is 2. The molecule has 0 unspecified atom stereocenters. The number of benzene rings is 1. The largest absolute Gasteiger partial charge is 0.547 e. The molecule has 0 fully saturated rings. The fourth-order valence-corrected chi connectivity index (χ4v) is 2.80. The Hall–Kier alpha value is -2.28. The number of carbonyl (C=O) groups is 2. The normalized spacial score (nSPS) is 16.8. The molecule has 1 aliphatic heterocycles. The first-order valence-electron chi connectivity index (χ1n) is 8.03. The summed E-state index contributed by atoms with van der Waals surface area (Å²) in [6, 6.07) is 4.29. The maximum atomic E-state index is 12.2. The molecular formula is C15H17BF3NO7S. The van der Waals surface area contributed by atoms with Gasteiger partial charge in [-0.15, -0.1) is 0 Å². The second-order valence-corrected chi connectivity index (χ2v) is 8.36. The van der Waals surface area contributed by atoms with Crippen LogP contribution in [0.15, 0.2) is 18.2 Å². The molecule has 13 heteroatoms. The number of esters is 1. The van der Waals surface area contributed by atoms with Crippen LogP contribution in [0.3, 0.4) is 0 Å². The molecule has 28 heavy (non-hydrogen) atoms. The fraction of sp³-hybridized carbons (Fsp3) is 0.467. The van der Waals surface area contributed by atoms with E-state index >= 15 is 0 Å². The van der Waals surface area contributed by atoms with Crippen molar-refractivity contribution >= 4 is 28.8 Å². The van der Waals surface area contributed by atoms with Gasteiger partial charge in [0.1, 0.15) is 11.3 Å². The van der Waals surface area contributed by atoms with Crippen molar-refractivity contribution in [3.05, 3.63) is 29.3 Å². The van der Waals surface area contributed by atoms with Crippen molar-refractivity contribution in [1.29, 1.82) is 0 Å². The zero-order valence-electron chi connectivity index (χ0n) is 14.7. The van der Waals surface area contributed by atoms with Crippen molar-refractivity contribution in [2.75, 3.05) is 12.2 Å². The highest BCUT2D eigenvalue weighted by atomic mass is 32.2. The summed E-state index contributed by atoms with van der Waals surface area (Å²) in [5, 5.41) is 12.3. The van der Waals surface area contributed by atoms with E-state index < -0.39 is 59.7 Å². The van der Waals surface area contributed by atoms with Crippen LogP contribution in [0.1, 0.15) is 28.8 Å². The Morgan fingerprint density at radius 2 is 2.07 bits per heavy atom. The minimum Gasteiger partial charge on any atom is -0.534 e. The minimum atomic E-state index is -4.48. The number of fused-ring (bicyclic) bond motifs is 1. The van der Waals surface area contributed by atoms with E-state index in [-0.39, 0.29) is 17.7 Å². The molecule has 2 N–H and O–H groups in total. The first kappa shape index (κ1) is 22.0. The Labute approximate surface area is 159 Å². The van der Waals surface area contributed by atoms with E-state index in [2.05, 4.69) is 10.1 Å². The second-order valence-electron chi connectivity index (χ2n) is 6.27. The predicted octanol–water partition coefficient (Wildman–Crippen LogP) is 0.627. The summed E-state index contributed by atoms with van der Waals surface area (Å²) in [5.74, 6) is -3.79. The molecule has 0 aliphatic carbocycles. The summed E-state index contributed by atoms with van der Waals surface area (Å²) in [7, 11) is -5.18. The van der Waals surface area contributed by atoms with Gasteiger partial charge in [-0.05, 0) is 18.1 Å². The van der Waals surface area contributed by atoms with E-state index in [1.165, 1.54) is 18.2 Å². The lowest BCUT2D eigenvalue weighted by Crippen LogP contribution is -2.53. The van der Waals surface area contributed by atoms with Crippen LogP contribution in [-0.2, 0) is 25.8 Å². The molecule has 0 radical (unpaired) electrons. The highest BCUT2D eigenvalue weighted by Crippen LogP contribution is 2.31. The fourth-order valence-electron chi connectivity index (χ4n) is 2.48. The SMILES string of the molecule is CS(=O)(=O)COC(=O)c1cccc2c1OB(O)[C@@H](NC(=O)CCC(F)(F)F)C2. The molecule has 1 aliphatic rings. The van der Waals surface area contributed by atoms with Crippen molar-refractivity contribution in [2.24, 2.45) is 0 Å². The van der Waals surface area contributed by atoms with Crippen LogP contribution in [0.25, 0.3) is 0 Å². The quantitative estimate of drug-likeness (QED) is 0.509. The van der Waals surface area contributed by atoms with Gasteiger partial charge in [0.15, 0.2) is 15.8 Å². The molecule has 0 aromatic heterocycles. The molecule has 0 spiro atoms. The molecule has 0 saturated heterocycles. The van der Waals surface area contributed by atoms with Gasteiger partial charge in [0, 0.05) is 12.7 Å². The Morgan fingerprint density at radius 1 is 1.39 bits per heavy atom. The lowest BCUT2D eigenvalue weighted by Gasteiger charge is -2.29. The van der Waals surface area contributed by atoms with Crippen LogP contribution in [0.5, 0.6) is 5.75 Å². The van der Waals surface area contributed by atoms with Gasteiger partial charge in [-0.3, -0.25) is 4.79 Å². The number of nitrogens with one attached hydrogen (secondary N) is 1. The first-order chi connectivity index (χ1) is 12.9. The van der Waals surface area contributed by atoms with Gasteiger partial charge in [-0.2, -0.15) is 13.2 Å². The summed E-state index contributed by atoms with van der Waals surface area (Å²) in [4.78, 5) is 23.7. The van der Waals surface area contributed by atoms with Crippen molar-refractivity contribution < 1.29 is 45.6 Å². The number of hydrogen-bond acceptors (Lipinski definition) is 7. The third-order valence-electron chi connectivity index (χ3n) is 3.73. The summed E-state index contributed by atoms with van der Waals surface area (Å²) in [5.41, 5.74) is 0.266. The predicted molar refractivity (Wildman–Crippen MR) is 91.1 cm³/mol. The van der Waals surface area contributed by atoms with Gasteiger partial charge in [-0.1, -0.05) is 12.1 Å². The second kappa shape index (κ2) is 8.39. The number of rotatable bonds is 6. The van der Waals surface area contributed by atoms with Gasteiger partial charge in [0.05, 0.1) is 12.4 Å². The van der Waals surface area contributed by atoms with E-state index in [4.69, 9.17) is 4.65 Å². The number of sulfone groups is 1. The molecule has 1 heterocycles. The monoisotopic (exact) mass is 423 g/mol. The summed E-state index contributed by atoms with van der Waals surface area (Å²) >= 11 is 0. The Balaban J connectivity index is 2.08. The Bertz CT molecular complexity index is 860. The van der Waals surface area contributed by atoms with Gasteiger partial charge in [0.2, 0.25) is 5.91 Å². The Kier molecular flexibility index (Phi) is 6.60. The molecule has 1 amide bonds. The summed E-state index contributed by atoms with van der Waals surface area (Å²) in [6.45, 7) is 0. The molecule has 0 saturated carbocycles. The van der Waals surface area contributed by atoms with E-state index in [9.17, 15) is 36.2 Å². The van der Waals surface area contributed by atoms with E-state index in [0.29, 0.717) is 5.56 Å². The number of carbonyl (C=O) groups excluding carboxylic acids is 2. The van der Waals surface area contributed by atoms with Crippen molar-refractivity contribution in [1.82, 2.24) is 5.32 Å². The van der Waals surface area contributed by atoms with Gasteiger partial charge >= 0.3 is 19.3 Å². The first-order valence-corrected chi connectivity index (χ1v) is 10.1. The standard InChI is InChI=1S/C15H17BF3NO7S/c1-28(24,25)8-26-14(22)10-4-2-3-9-7-11(16(23)27-13(9)10)20-12(21)5-6-15(17,18)19/h2-4,11,23H,5-8H2,1H3,(H,20,21)/t11-/m0/s1. The molecular weight excluding hydrogens is 406 g/mol. The van der Waals surface area contributed by atoms with Crippen molar-refractivity contribution in [3.8, 4) is 5.75 Å². The highest BCUT2D eigenvalue weighted by molar-refractivity contribution is 7.90. The topological polar surface area (TPSA) is 119 Å². The van der Waals surface area contributed by atoms with Crippen LogP contribution in [0, 0.1) is 0 Å². The molecule has 154 valence electrons. The van der Waals surface area contributed by atoms with Crippen LogP contribution in [-0.4, -0.2) is 56.7 Å². The van der Waals surface area contributed by atoms with Crippen LogP contribution < -0.4 is 9.97 Å². The van der Waals surface area contributed by atoms with E-state index in [0.717, 1.165) is 6.26 Å². The molecule has 0 bridgehead atoms. The van der Waals surface area contributed by atoms with Crippen LogP contribution in [0.4, 0.5) is 13.2 Å². The number of para-hydroxylation sites is 1. The number of ether oxygens (including phenoxy) is 1. The lowest BCUT2D eigenvalue weighted by atomic mass is 9.72. The molecule has 2 rings (SSSR count). The average molecular weight is 423 g/mol. The summed E-state index contributed by atoms with van der Waals surface area (Å²) in [6.07, 6.45) is -5.70. The number of amides is 1. The number of alkyl halides is 3. The zero-order valence-corrected chi connectivity index (χ0v) is 15.5. The lowest BCUT2D eigenvalue weighted by molar-refractivity contribution is -0.144. The maximum absolute atomic E-state index is 12.2. The summed E-state index contributed by atoms with van der Waals surface area (Å²) < 4.78 is 68.7. The van der Waals surface area contributed by atoms with Crippen LogP contribution >= 0.6 is 0 Å². The van der Waals surface area contributed by atoms with Crippen LogP contribution in [0.2, 0.25) is 0 Å². The highest BCUT2D eigenvalue weighted by Gasteiger charge is 2.38. The van der Waals surface area contributed by atoms with E-state index in [1.54, 1.807) is 0 Å². The molecule has 1 atom stereocenters.